The number of amidine groups is 1. The van der Waals surface area contributed by atoms with E-state index in [1.165, 1.54) is 12.1 Å². The zero-order valence-corrected chi connectivity index (χ0v) is 18.5. The van der Waals surface area contributed by atoms with Crippen molar-refractivity contribution >= 4 is 28.0 Å². The third kappa shape index (κ3) is 4.48. The normalized spacial score (nSPS) is 13.0. The van der Waals surface area contributed by atoms with Gasteiger partial charge >= 0.3 is 0 Å². The van der Waals surface area contributed by atoms with Crippen LogP contribution in [0.2, 0.25) is 0 Å². The second-order valence-electron chi connectivity index (χ2n) is 7.15. The van der Waals surface area contributed by atoms with Gasteiger partial charge in [0, 0.05) is 19.3 Å². The molecule has 2 aromatic carbocycles. The number of aryl methyl sites for hydroxylation is 1. The highest BCUT2D eigenvalue weighted by atomic mass is 19.1. The van der Waals surface area contributed by atoms with E-state index in [0.29, 0.717) is 34.8 Å². The molecule has 0 radical (unpaired) electrons. The van der Waals surface area contributed by atoms with Crippen LogP contribution in [-0.2, 0) is 0 Å². The minimum absolute atomic E-state index is 0.160. The van der Waals surface area contributed by atoms with Crippen molar-refractivity contribution in [2.75, 3.05) is 13.6 Å². The molecule has 3 rings (SSSR count). The average Bonchev–Trinajstić information content (AvgIpc) is 2.75. The van der Waals surface area contributed by atoms with E-state index in [4.69, 9.17) is 0 Å². The van der Waals surface area contributed by atoms with Gasteiger partial charge in [0.25, 0.3) is 5.56 Å². The lowest BCUT2D eigenvalue weighted by Crippen LogP contribution is -2.32. The van der Waals surface area contributed by atoms with Crippen LogP contribution in [0.3, 0.4) is 0 Å². The molecule has 0 fully saturated rings. The molecule has 0 amide bonds. The maximum atomic E-state index is 13.6. The van der Waals surface area contributed by atoms with Gasteiger partial charge in [0.05, 0.1) is 22.5 Å². The van der Waals surface area contributed by atoms with E-state index in [1.807, 2.05) is 58.0 Å². The lowest BCUT2D eigenvalue weighted by molar-refractivity contribution is 0.627. The summed E-state index contributed by atoms with van der Waals surface area (Å²) < 4.78 is 15.2. The van der Waals surface area contributed by atoms with Crippen molar-refractivity contribution in [1.29, 1.82) is 0 Å². The first-order valence-corrected chi connectivity index (χ1v) is 10.2. The van der Waals surface area contributed by atoms with E-state index in [-0.39, 0.29) is 11.4 Å². The fraction of sp³-hybridized carbons (Fsp3) is 0.240. The number of aromatic nitrogens is 1. The Morgan fingerprint density at radius 2 is 1.90 bits per heavy atom. The fourth-order valence-corrected chi connectivity index (χ4v) is 3.61. The predicted octanol–water partition coefficient (Wildman–Crippen LogP) is 4.90. The Morgan fingerprint density at radius 1 is 1.19 bits per heavy atom. The van der Waals surface area contributed by atoms with Crippen molar-refractivity contribution < 1.29 is 4.39 Å². The molecule has 0 saturated heterocycles. The summed E-state index contributed by atoms with van der Waals surface area (Å²) in [6.07, 6.45) is 1.89. The fourth-order valence-electron chi connectivity index (χ4n) is 3.61. The van der Waals surface area contributed by atoms with Crippen molar-refractivity contribution in [3.05, 3.63) is 82.0 Å². The Morgan fingerprint density at radius 3 is 2.52 bits per heavy atom. The van der Waals surface area contributed by atoms with Gasteiger partial charge in [-0.1, -0.05) is 24.3 Å². The third-order valence-electron chi connectivity index (χ3n) is 5.12. The molecule has 0 atom stereocenters. The molecular weight excluding hydrogens is 391 g/mol. The van der Waals surface area contributed by atoms with Crippen LogP contribution in [0, 0.1) is 12.7 Å². The SMILES string of the molecule is C/C=C(\NC(=NC)C(C)=NCC)c1cc2cccc(C)c2c(=O)n1-c1ccc(F)cc1. The molecule has 0 aliphatic carbocycles. The molecular formula is C25H27FN4O. The Hall–Kier alpha value is -3.54. The van der Waals surface area contributed by atoms with Gasteiger partial charge < -0.3 is 5.32 Å². The van der Waals surface area contributed by atoms with E-state index < -0.39 is 0 Å². The lowest BCUT2D eigenvalue weighted by Gasteiger charge is -2.20. The van der Waals surface area contributed by atoms with Crippen LogP contribution in [0.15, 0.2) is 69.4 Å². The molecule has 0 aliphatic rings. The summed E-state index contributed by atoms with van der Waals surface area (Å²) in [5.41, 5.74) is 3.45. The van der Waals surface area contributed by atoms with Crippen LogP contribution in [-0.4, -0.2) is 29.7 Å². The molecule has 0 saturated carbocycles. The van der Waals surface area contributed by atoms with Gasteiger partial charge in [0.2, 0.25) is 0 Å². The van der Waals surface area contributed by atoms with Gasteiger partial charge in [-0.15, -0.1) is 0 Å². The molecule has 3 aromatic rings. The van der Waals surface area contributed by atoms with Crippen LogP contribution >= 0.6 is 0 Å². The van der Waals surface area contributed by atoms with Gasteiger partial charge in [-0.2, -0.15) is 0 Å². The minimum Gasteiger partial charge on any atom is -0.338 e. The number of nitrogens with zero attached hydrogens (tertiary/aromatic N) is 3. The number of hydrogen-bond acceptors (Lipinski definition) is 3. The maximum Gasteiger partial charge on any atom is 0.263 e. The zero-order chi connectivity index (χ0) is 22.5. The van der Waals surface area contributed by atoms with E-state index in [9.17, 15) is 9.18 Å². The number of allylic oxidation sites excluding steroid dienone is 1. The summed E-state index contributed by atoms with van der Waals surface area (Å²) in [5.74, 6) is 0.267. The molecule has 1 heterocycles. The molecule has 0 spiro atoms. The Labute approximate surface area is 181 Å². The largest absolute Gasteiger partial charge is 0.338 e. The maximum absolute atomic E-state index is 13.6. The molecule has 0 aliphatic heterocycles. The predicted molar refractivity (Wildman–Crippen MR) is 128 cm³/mol. The molecule has 0 unspecified atom stereocenters. The number of halogens is 1. The van der Waals surface area contributed by atoms with E-state index in [1.54, 1.807) is 23.7 Å². The number of aliphatic imine (C=N–C) groups is 2. The second kappa shape index (κ2) is 9.51. The molecule has 160 valence electrons. The van der Waals surface area contributed by atoms with Gasteiger partial charge in [-0.05, 0) is 69.0 Å². The number of nitrogens with one attached hydrogen (secondary N) is 1. The highest BCUT2D eigenvalue weighted by molar-refractivity contribution is 6.41. The van der Waals surface area contributed by atoms with E-state index >= 15 is 0 Å². The van der Waals surface area contributed by atoms with E-state index in [0.717, 1.165) is 16.7 Å². The first-order chi connectivity index (χ1) is 14.9. The minimum atomic E-state index is -0.355. The molecule has 5 nitrogen and oxygen atoms in total. The van der Waals surface area contributed by atoms with Crippen LogP contribution in [0.1, 0.15) is 32.0 Å². The highest BCUT2D eigenvalue weighted by Crippen LogP contribution is 2.23. The summed E-state index contributed by atoms with van der Waals surface area (Å²) in [7, 11) is 1.70. The third-order valence-corrected chi connectivity index (χ3v) is 5.12. The summed E-state index contributed by atoms with van der Waals surface area (Å²) >= 11 is 0. The van der Waals surface area contributed by atoms with Crippen LogP contribution in [0.25, 0.3) is 22.2 Å². The topological polar surface area (TPSA) is 58.8 Å². The van der Waals surface area contributed by atoms with Gasteiger partial charge in [-0.3, -0.25) is 19.3 Å². The molecule has 31 heavy (non-hydrogen) atoms. The quantitative estimate of drug-likeness (QED) is 0.473. The van der Waals surface area contributed by atoms with Crippen LogP contribution in [0.4, 0.5) is 4.39 Å². The Bertz CT molecular complexity index is 1250. The average molecular weight is 419 g/mol. The highest BCUT2D eigenvalue weighted by Gasteiger charge is 2.17. The Kier molecular flexibility index (Phi) is 6.80. The van der Waals surface area contributed by atoms with Crippen molar-refractivity contribution in [3.8, 4) is 5.69 Å². The smallest absolute Gasteiger partial charge is 0.263 e. The van der Waals surface area contributed by atoms with Gasteiger partial charge in [0.15, 0.2) is 0 Å². The number of hydrogen-bond donors (Lipinski definition) is 1. The lowest BCUT2D eigenvalue weighted by atomic mass is 10.0. The number of benzene rings is 2. The first kappa shape index (κ1) is 22.2. The second-order valence-corrected chi connectivity index (χ2v) is 7.15. The number of fused-ring (bicyclic) bond motifs is 1. The summed E-state index contributed by atoms with van der Waals surface area (Å²) in [6.45, 7) is 8.31. The van der Waals surface area contributed by atoms with Crippen molar-refractivity contribution in [1.82, 2.24) is 9.88 Å². The molecule has 6 heteroatoms. The molecule has 0 bridgehead atoms. The van der Waals surface area contributed by atoms with Crippen molar-refractivity contribution in [2.45, 2.75) is 27.7 Å². The first-order valence-electron chi connectivity index (χ1n) is 10.2. The number of pyridine rings is 1. The standard InChI is InChI=1S/C25H27FN4O/c1-6-21(29-24(27-5)17(4)28-7-2)22-15-18-10-8-9-16(3)23(18)25(31)30(22)20-13-11-19(26)12-14-20/h6,8-15H,7H2,1-5H3,(H,27,29)/b21-6-,28-17?. The van der Waals surface area contributed by atoms with Crippen molar-refractivity contribution in [3.63, 3.8) is 0 Å². The summed E-state index contributed by atoms with van der Waals surface area (Å²) in [4.78, 5) is 22.4. The summed E-state index contributed by atoms with van der Waals surface area (Å²) in [6, 6.07) is 13.7. The van der Waals surface area contributed by atoms with Crippen LogP contribution < -0.4 is 10.9 Å². The molecule has 1 N–H and O–H groups in total. The number of rotatable bonds is 5. The van der Waals surface area contributed by atoms with E-state index in [2.05, 4.69) is 15.3 Å². The monoisotopic (exact) mass is 418 g/mol. The molecule has 1 aromatic heterocycles. The van der Waals surface area contributed by atoms with Crippen molar-refractivity contribution in [2.24, 2.45) is 9.98 Å². The van der Waals surface area contributed by atoms with Gasteiger partial charge in [0.1, 0.15) is 11.7 Å². The van der Waals surface area contributed by atoms with Gasteiger partial charge in [-0.25, -0.2) is 4.39 Å². The summed E-state index contributed by atoms with van der Waals surface area (Å²) in [5, 5.41) is 4.81. The van der Waals surface area contributed by atoms with Crippen LogP contribution in [0.5, 0.6) is 0 Å². The zero-order valence-electron chi connectivity index (χ0n) is 18.5. The Balaban J connectivity index is 2.29.